The number of hydrogen-bond acceptors (Lipinski definition) is 3. The van der Waals surface area contributed by atoms with Crippen molar-refractivity contribution in [2.75, 3.05) is 0 Å². The van der Waals surface area contributed by atoms with Gasteiger partial charge in [0.2, 0.25) is 0 Å². The van der Waals surface area contributed by atoms with Crippen LogP contribution in [0.2, 0.25) is 0 Å². The molecule has 1 saturated carbocycles. The van der Waals surface area contributed by atoms with E-state index in [1.807, 2.05) is 20.8 Å². The number of ketones is 1. The minimum absolute atomic E-state index is 0.0156. The highest BCUT2D eigenvalue weighted by molar-refractivity contribution is 6.08. The summed E-state index contributed by atoms with van der Waals surface area (Å²) in [6, 6.07) is 0. The van der Waals surface area contributed by atoms with Gasteiger partial charge in [-0.25, -0.2) is 0 Å². The van der Waals surface area contributed by atoms with E-state index in [-0.39, 0.29) is 39.9 Å². The summed E-state index contributed by atoms with van der Waals surface area (Å²) in [5, 5.41) is 21.8. The van der Waals surface area contributed by atoms with Crippen LogP contribution in [0.5, 0.6) is 11.5 Å². The Bertz CT molecular complexity index is 700. The van der Waals surface area contributed by atoms with Gasteiger partial charge >= 0.3 is 0 Å². The number of Topliss-reactive ketones (excluding diaryl/α,β-unsaturated/α-hetero) is 1. The molecule has 0 aliphatic heterocycles. The molecule has 3 rings (SSSR count). The SMILES string of the molecule is Cc1c(O)c2c(c(O)c1C(C)C)C(=O)[C@@H]1C(C)(C)CCC[C@]21C. The largest absolute Gasteiger partial charge is 0.507 e. The molecule has 0 aromatic heterocycles. The van der Waals surface area contributed by atoms with Crippen molar-refractivity contribution in [3.63, 3.8) is 0 Å². The van der Waals surface area contributed by atoms with Gasteiger partial charge in [-0.05, 0) is 36.7 Å². The summed E-state index contributed by atoms with van der Waals surface area (Å²) in [7, 11) is 0. The summed E-state index contributed by atoms with van der Waals surface area (Å²) in [5.74, 6) is 0.223. The van der Waals surface area contributed by atoms with Crippen molar-refractivity contribution in [2.45, 2.75) is 72.1 Å². The van der Waals surface area contributed by atoms with Crippen LogP contribution in [-0.4, -0.2) is 16.0 Å². The van der Waals surface area contributed by atoms with Gasteiger partial charge in [0.1, 0.15) is 11.5 Å². The highest BCUT2D eigenvalue weighted by Gasteiger charge is 2.59. The standard InChI is InChI=1S/C20H28O3/c1-10(2)12-11(3)15(21)14-13(16(12)22)17(23)18-19(4,5)8-7-9-20(14,18)6/h10,18,21-22H,7-9H2,1-6H3/t18-,20-/m1/s1. The molecular weight excluding hydrogens is 288 g/mol. The van der Waals surface area contributed by atoms with E-state index in [0.717, 1.165) is 19.3 Å². The second-order valence-electron chi connectivity index (χ2n) is 8.70. The van der Waals surface area contributed by atoms with Crippen molar-refractivity contribution in [1.82, 2.24) is 0 Å². The van der Waals surface area contributed by atoms with Crippen LogP contribution in [0.1, 0.15) is 86.8 Å². The second kappa shape index (κ2) is 4.75. The van der Waals surface area contributed by atoms with Gasteiger partial charge in [0, 0.05) is 22.5 Å². The van der Waals surface area contributed by atoms with Crippen molar-refractivity contribution in [3.05, 3.63) is 22.3 Å². The lowest BCUT2D eigenvalue weighted by molar-refractivity contribution is 0.0496. The van der Waals surface area contributed by atoms with Crippen molar-refractivity contribution in [2.24, 2.45) is 11.3 Å². The molecule has 3 nitrogen and oxygen atoms in total. The zero-order valence-corrected chi connectivity index (χ0v) is 15.1. The van der Waals surface area contributed by atoms with E-state index in [1.165, 1.54) is 0 Å². The van der Waals surface area contributed by atoms with E-state index in [1.54, 1.807) is 0 Å². The maximum atomic E-state index is 13.2. The third-order valence-corrected chi connectivity index (χ3v) is 6.33. The molecule has 2 aliphatic rings. The van der Waals surface area contributed by atoms with Crippen LogP contribution < -0.4 is 0 Å². The number of fused-ring (bicyclic) bond motifs is 3. The zero-order valence-electron chi connectivity index (χ0n) is 15.1. The number of benzene rings is 1. The Labute approximate surface area is 138 Å². The Hall–Kier alpha value is -1.51. The van der Waals surface area contributed by atoms with Crippen LogP contribution in [0.4, 0.5) is 0 Å². The van der Waals surface area contributed by atoms with Gasteiger partial charge in [0.05, 0.1) is 5.56 Å². The van der Waals surface area contributed by atoms with Crippen LogP contribution in [0.15, 0.2) is 0 Å². The molecule has 0 amide bonds. The summed E-state index contributed by atoms with van der Waals surface area (Å²) in [4.78, 5) is 13.2. The molecule has 23 heavy (non-hydrogen) atoms. The average molecular weight is 316 g/mol. The molecule has 1 fully saturated rings. The predicted octanol–water partition coefficient (Wildman–Crippen LogP) is 4.81. The van der Waals surface area contributed by atoms with Crippen molar-refractivity contribution >= 4 is 5.78 Å². The lowest BCUT2D eigenvalue weighted by Gasteiger charge is -2.46. The molecule has 0 bridgehead atoms. The molecule has 1 aromatic carbocycles. The van der Waals surface area contributed by atoms with Gasteiger partial charge in [0.15, 0.2) is 5.78 Å². The van der Waals surface area contributed by atoms with Crippen LogP contribution in [0.25, 0.3) is 0 Å². The predicted molar refractivity (Wildman–Crippen MR) is 91.4 cm³/mol. The summed E-state index contributed by atoms with van der Waals surface area (Å²) >= 11 is 0. The fraction of sp³-hybridized carbons (Fsp3) is 0.650. The maximum absolute atomic E-state index is 13.2. The summed E-state index contributed by atoms with van der Waals surface area (Å²) in [5.41, 5.74) is 2.01. The van der Waals surface area contributed by atoms with E-state index in [2.05, 4.69) is 20.8 Å². The molecule has 1 aromatic rings. The molecule has 0 radical (unpaired) electrons. The molecule has 126 valence electrons. The molecule has 0 saturated heterocycles. The molecule has 0 unspecified atom stereocenters. The van der Waals surface area contributed by atoms with Gasteiger partial charge in [0.25, 0.3) is 0 Å². The first-order valence-corrected chi connectivity index (χ1v) is 8.67. The van der Waals surface area contributed by atoms with Gasteiger partial charge < -0.3 is 10.2 Å². The number of phenolic OH excluding ortho intramolecular Hbond substituents is 2. The Kier molecular flexibility index (Phi) is 3.38. The monoisotopic (exact) mass is 316 g/mol. The molecule has 2 N–H and O–H groups in total. The Morgan fingerprint density at radius 2 is 1.70 bits per heavy atom. The van der Waals surface area contributed by atoms with Gasteiger partial charge in [-0.3, -0.25) is 4.79 Å². The van der Waals surface area contributed by atoms with Gasteiger partial charge in [-0.1, -0.05) is 41.0 Å². The van der Waals surface area contributed by atoms with E-state index < -0.39 is 0 Å². The molecular formula is C20H28O3. The summed E-state index contributed by atoms with van der Waals surface area (Å²) < 4.78 is 0. The van der Waals surface area contributed by atoms with Crippen molar-refractivity contribution in [3.8, 4) is 11.5 Å². The Morgan fingerprint density at radius 3 is 2.26 bits per heavy atom. The van der Waals surface area contributed by atoms with Gasteiger partial charge in [-0.2, -0.15) is 0 Å². The van der Waals surface area contributed by atoms with Gasteiger partial charge in [-0.15, -0.1) is 0 Å². The smallest absolute Gasteiger partial charge is 0.171 e. The second-order valence-corrected chi connectivity index (χ2v) is 8.70. The van der Waals surface area contributed by atoms with Crippen molar-refractivity contribution < 1.29 is 15.0 Å². The first-order valence-electron chi connectivity index (χ1n) is 8.67. The summed E-state index contributed by atoms with van der Waals surface area (Å²) in [6.07, 6.45) is 2.93. The first-order chi connectivity index (χ1) is 10.5. The number of rotatable bonds is 1. The highest BCUT2D eigenvalue weighted by atomic mass is 16.3. The lowest BCUT2D eigenvalue weighted by atomic mass is 9.56. The third-order valence-electron chi connectivity index (χ3n) is 6.33. The Balaban J connectivity index is 2.38. The highest BCUT2D eigenvalue weighted by Crippen LogP contribution is 2.62. The van der Waals surface area contributed by atoms with E-state index in [0.29, 0.717) is 22.3 Å². The number of hydrogen-bond donors (Lipinski definition) is 2. The number of phenols is 2. The Morgan fingerprint density at radius 1 is 1.09 bits per heavy atom. The molecule has 2 atom stereocenters. The maximum Gasteiger partial charge on any atom is 0.171 e. The van der Waals surface area contributed by atoms with E-state index in [4.69, 9.17) is 0 Å². The number of aromatic hydroxyl groups is 2. The number of carbonyl (C=O) groups is 1. The first kappa shape index (κ1) is 16.4. The molecule has 2 aliphatic carbocycles. The third kappa shape index (κ3) is 1.91. The lowest BCUT2D eigenvalue weighted by Crippen LogP contribution is -2.44. The van der Waals surface area contributed by atoms with Crippen molar-refractivity contribution in [1.29, 1.82) is 0 Å². The molecule has 0 spiro atoms. The van der Waals surface area contributed by atoms with E-state index >= 15 is 0 Å². The quantitative estimate of drug-likeness (QED) is 0.731. The number of carbonyl (C=O) groups excluding carboxylic acids is 1. The minimum Gasteiger partial charge on any atom is -0.507 e. The zero-order chi connectivity index (χ0) is 17.3. The summed E-state index contributed by atoms with van der Waals surface area (Å²) in [6.45, 7) is 12.2. The topological polar surface area (TPSA) is 57.5 Å². The fourth-order valence-electron chi connectivity index (χ4n) is 5.49. The van der Waals surface area contributed by atoms with Crippen LogP contribution in [0, 0.1) is 18.3 Å². The van der Waals surface area contributed by atoms with Crippen LogP contribution >= 0.6 is 0 Å². The minimum atomic E-state index is -0.379. The molecule has 3 heteroatoms. The molecule has 0 heterocycles. The van der Waals surface area contributed by atoms with E-state index in [9.17, 15) is 15.0 Å². The van der Waals surface area contributed by atoms with Crippen LogP contribution in [-0.2, 0) is 5.41 Å². The normalized spacial score (nSPS) is 28.8. The average Bonchev–Trinajstić information content (AvgIpc) is 2.65. The van der Waals surface area contributed by atoms with Crippen LogP contribution in [0.3, 0.4) is 0 Å². The fourth-order valence-corrected chi connectivity index (χ4v) is 5.49.